The molecule has 0 aliphatic rings. The summed E-state index contributed by atoms with van der Waals surface area (Å²) in [4.78, 5) is 26.5. The molecular formula is C24H20F3NO5. The lowest BCUT2D eigenvalue weighted by Gasteiger charge is -2.14. The molecule has 0 unspecified atom stereocenters. The molecule has 0 saturated heterocycles. The van der Waals surface area contributed by atoms with Crippen LogP contribution < -0.4 is 15.0 Å². The molecule has 0 saturated carbocycles. The third kappa shape index (κ3) is 6.81. The number of benzene rings is 2. The second-order valence-electron chi connectivity index (χ2n) is 6.81. The second-order valence-corrected chi connectivity index (χ2v) is 6.81. The smallest absolute Gasteiger partial charge is 0.416 e. The third-order valence-electron chi connectivity index (χ3n) is 4.41. The minimum atomic E-state index is -4.61. The Morgan fingerprint density at radius 1 is 1.00 bits per heavy atom. The predicted molar refractivity (Wildman–Crippen MR) is 116 cm³/mol. The first kappa shape index (κ1) is 23.8. The summed E-state index contributed by atoms with van der Waals surface area (Å²) in [5.41, 5.74) is -0.903. The van der Waals surface area contributed by atoms with Gasteiger partial charge in [0, 0.05) is 19.4 Å². The van der Waals surface area contributed by atoms with E-state index in [1.807, 2.05) is 0 Å². The Kier molecular flexibility index (Phi) is 7.68. The van der Waals surface area contributed by atoms with Gasteiger partial charge in [-0.2, -0.15) is 13.2 Å². The maximum absolute atomic E-state index is 13.2. The monoisotopic (exact) mass is 459 g/mol. The van der Waals surface area contributed by atoms with E-state index < -0.39 is 17.5 Å². The van der Waals surface area contributed by atoms with E-state index in [0.29, 0.717) is 24.5 Å². The van der Waals surface area contributed by atoms with Crippen LogP contribution in [0, 0.1) is 0 Å². The number of alkyl halides is 3. The summed E-state index contributed by atoms with van der Waals surface area (Å²) < 4.78 is 55.7. The topological polar surface area (TPSA) is 77.6 Å². The molecular weight excluding hydrogens is 439 g/mol. The summed E-state index contributed by atoms with van der Waals surface area (Å²) in [6.45, 7) is 0.738. The number of aromatic amines is 1. The molecule has 0 atom stereocenters. The molecule has 1 heterocycles. The Morgan fingerprint density at radius 2 is 1.73 bits per heavy atom. The Hall–Kier alpha value is -3.85. The van der Waals surface area contributed by atoms with E-state index in [1.54, 1.807) is 25.3 Å². The van der Waals surface area contributed by atoms with Crippen LogP contribution in [-0.2, 0) is 10.9 Å². The summed E-state index contributed by atoms with van der Waals surface area (Å²) in [5.74, 6) is -0.0847. The summed E-state index contributed by atoms with van der Waals surface area (Å²) >= 11 is 0. The van der Waals surface area contributed by atoms with Crippen LogP contribution in [0.5, 0.6) is 17.2 Å². The third-order valence-corrected chi connectivity index (χ3v) is 4.41. The van der Waals surface area contributed by atoms with E-state index in [4.69, 9.17) is 14.2 Å². The average Bonchev–Trinajstić information content (AvgIpc) is 2.78. The number of allylic oxidation sites excluding steroid dienone is 1. The molecule has 33 heavy (non-hydrogen) atoms. The number of nitrogens with one attached hydrogen (secondary N) is 1. The molecule has 6 nitrogen and oxygen atoms in total. The maximum Gasteiger partial charge on any atom is 0.416 e. The van der Waals surface area contributed by atoms with Crippen LogP contribution >= 0.6 is 0 Å². The highest BCUT2D eigenvalue weighted by molar-refractivity contribution is 6.08. The quantitative estimate of drug-likeness (QED) is 0.273. The van der Waals surface area contributed by atoms with Crippen LogP contribution in [0.2, 0.25) is 0 Å². The minimum absolute atomic E-state index is 0.0653. The van der Waals surface area contributed by atoms with Crippen molar-refractivity contribution < 1.29 is 32.2 Å². The zero-order valence-electron chi connectivity index (χ0n) is 17.5. The number of rotatable bonds is 9. The number of ketones is 1. The number of hydrogen-bond acceptors (Lipinski definition) is 5. The van der Waals surface area contributed by atoms with E-state index in [9.17, 15) is 22.8 Å². The van der Waals surface area contributed by atoms with Crippen LogP contribution in [0.4, 0.5) is 13.2 Å². The number of carbonyl (C=O) groups excluding carboxylic acids is 1. The van der Waals surface area contributed by atoms with Gasteiger partial charge < -0.3 is 19.2 Å². The van der Waals surface area contributed by atoms with E-state index in [-0.39, 0.29) is 22.6 Å². The van der Waals surface area contributed by atoms with Gasteiger partial charge in [0.05, 0.1) is 17.7 Å². The number of pyridine rings is 1. The summed E-state index contributed by atoms with van der Waals surface area (Å²) in [6.07, 6.45) is -0.635. The van der Waals surface area contributed by atoms with E-state index in [2.05, 4.69) is 4.98 Å². The number of hydrogen-bond donors (Lipinski definition) is 1. The standard InChI is InChI=1S/C24H20F3NO5/c1-31-12-13-32-18-4-6-19(7-5-18)33-22-15-17(24(25,26)27)3-8-20(22)21(29)9-2-16-10-11-28-23(30)14-16/h2-11,14-15H,12-13H2,1H3,(H,28,30)/b9-2-. The van der Waals surface area contributed by atoms with Gasteiger partial charge in [0.15, 0.2) is 5.78 Å². The molecule has 1 N–H and O–H groups in total. The Balaban J connectivity index is 1.86. The molecule has 3 rings (SSSR count). The van der Waals surface area contributed by atoms with Gasteiger partial charge >= 0.3 is 6.18 Å². The minimum Gasteiger partial charge on any atom is -0.491 e. The lowest BCUT2D eigenvalue weighted by molar-refractivity contribution is -0.137. The second kappa shape index (κ2) is 10.6. The number of ether oxygens (including phenoxy) is 3. The maximum atomic E-state index is 13.2. The molecule has 0 bridgehead atoms. The Bertz CT molecular complexity index is 1180. The van der Waals surface area contributed by atoms with Gasteiger partial charge in [-0.3, -0.25) is 9.59 Å². The first-order valence-corrected chi connectivity index (χ1v) is 9.78. The molecule has 3 aromatic rings. The number of H-pyrrole nitrogens is 1. The van der Waals surface area contributed by atoms with Gasteiger partial charge in [0.2, 0.25) is 5.56 Å². The highest BCUT2D eigenvalue weighted by Crippen LogP contribution is 2.35. The average molecular weight is 459 g/mol. The molecule has 2 aromatic carbocycles. The van der Waals surface area contributed by atoms with Crippen molar-refractivity contribution in [3.05, 3.63) is 93.9 Å². The van der Waals surface area contributed by atoms with E-state index >= 15 is 0 Å². The highest BCUT2D eigenvalue weighted by Gasteiger charge is 2.32. The molecule has 1 aromatic heterocycles. The zero-order chi connectivity index (χ0) is 23.8. The SMILES string of the molecule is COCCOc1ccc(Oc2cc(C(F)(F)F)ccc2C(=O)/C=C\c2cc[nH]c(=O)c2)cc1. The van der Waals surface area contributed by atoms with Crippen molar-refractivity contribution in [1.29, 1.82) is 0 Å². The summed E-state index contributed by atoms with van der Waals surface area (Å²) in [6, 6.07) is 11.7. The fourth-order valence-corrected chi connectivity index (χ4v) is 2.79. The fourth-order valence-electron chi connectivity index (χ4n) is 2.79. The van der Waals surface area contributed by atoms with Crippen LogP contribution in [0.3, 0.4) is 0 Å². The molecule has 0 spiro atoms. The van der Waals surface area contributed by atoms with Gasteiger partial charge in [-0.1, -0.05) is 6.08 Å². The van der Waals surface area contributed by atoms with E-state index in [1.165, 1.54) is 30.5 Å². The lowest BCUT2D eigenvalue weighted by atomic mass is 10.0. The Labute approximate surface area is 187 Å². The molecule has 172 valence electrons. The van der Waals surface area contributed by atoms with Crippen LogP contribution in [0.25, 0.3) is 6.08 Å². The molecule has 9 heteroatoms. The van der Waals surface area contributed by atoms with Gasteiger partial charge in [-0.25, -0.2) is 0 Å². The van der Waals surface area contributed by atoms with Gasteiger partial charge in [-0.05, 0) is 60.2 Å². The van der Waals surface area contributed by atoms with Crippen molar-refractivity contribution >= 4 is 11.9 Å². The predicted octanol–water partition coefficient (Wildman–Crippen LogP) is 5.11. The molecule has 0 radical (unpaired) electrons. The summed E-state index contributed by atoms with van der Waals surface area (Å²) in [7, 11) is 1.54. The molecule has 0 aliphatic heterocycles. The highest BCUT2D eigenvalue weighted by atomic mass is 19.4. The van der Waals surface area contributed by atoms with Gasteiger partial charge in [-0.15, -0.1) is 0 Å². The normalized spacial score (nSPS) is 11.5. The van der Waals surface area contributed by atoms with Gasteiger partial charge in [0.1, 0.15) is 23.9 Å². The van der Waals surface area contributed by atoms with Crippen molar-refractivity contribution in [2.75, 3.05) is 20.3 Å². The van der Waals surface area contributed by atoms with Crippen LogP contribution in [0.15, 0.2) is 71.7 Å². The fraction of sp³-hybridized carbons (Fsp3) is 0.167. The molecule has 0 amide bonds. The first-order valence-electron chi connectivity index (χ1n) is 9.78. The number of methoxy groups -OCH3 is 1. The van der Waals surface area contributed by atoms with Crippen molar-refractivity contribution in [2.24, 2.45) is 0 Å². The van der Waals surface area contributed by atoms with Crippen molar-refractivity contribution in [3.63, 3.8) is 0 Å². The lowest BCUT2D eigenvalue weighted by Crippen LogP contribution is -2.07. The number of halogens is 3. The van der Waals surface area contributed by atoms with Crippen LogP contribution in [0.1, 0.15) is 21.5 Å². The number of aromatic nitrogens is 1. The van der Waals surface area contributed by atoms with Crippen molar-refractivity contribution in [2.45, 2.75) is 6.18 Å². The first-order chi connectivity index (χ1) is 15.8. The molecule has 0 aliphatic carbocycles. The molecule has 0 fully saturated rings. The zero-order valence-corrected chi connectivity index (χ0v) is 17.5. The Morgan fingerprint density at radius 3 is 2.39 bits per heavy atom. The van der Waals surface area contributed by atoms with Crippen molar-refractivity contribution in [3.8, 4) is 17.2 Å². The van der Waals surface area contributed by atoms with Gasteiger partial charge in [0.25, 0.3) is 0 Å². The largest absolute Gasteiger partial charge is 0.491 e. The van der Waals surface area contributed by atoms with Crippen LogP contribution in [-0.4, -0.2) is 31.1 Å². The number of carbonyl (C=O) groups is 1. The van der Waals surface area contributed by atoms with E-state index in [0.717, 1.165) is 24.3 Å². The van der Waals surface area contributed by atoms with Crippen molar-refractivity contribution in [1.82, 2.24) is 4.98 Å². The summed E-state index contributed by atoms with van der Waals surface area (Å²) in [5, 5.41) is 0.